The van der Waals surface area contributed by atoms with E-state index in [9.17, 15) is 4.79 Å². The van der Waals surface area contributed by atoms with Gasteiger partial charge in [0.05, 0.1) is 0 Å². The predicted octanol–water partition coefficient (Wildman–Crippen LogP) is 3.51. The van der Waals surface area contributed by atoms with Crippen molar-refractivity contribution in [2.45, 2.75) is 31.3 Å². The van der Waals surface area contributed by atoms with Crippen molar-refractivity contribution in [1.82, 2.24) is 0 Å². The van der Waals surface area contributed by atoms with E-state index in [2.05, 4.69) is 6.07 Å². The Morgan fingerprint density at radius 1 is 1.36 bits per heavy atom. The highest BCUT2D eigenvalue weighted by Gasteiger charge is 2.16. The zero-order valence-electron chi connectivity index (χ0n) is 8.53. The van der Waals surface area contributed by atoms with Gasteiger partial charge in [0.25, 0.3) is 0 Å². The molecule has 0 fully saturated rings. The third-order valence-corrected chi connectivity index (χ3v) is 2.04. The largest absolute Gasteiger partial charge is 0.452 e. The molecular formula is C11H13O2S. The standard InChI is InChI=1S/C11H13O2S/c1-11(2,3)13-10(12)14-9-7-5-4-6-8-9/h5-8H,1-3H3. The van der Waals surface area contributed by atoms with Crippen molar-refractivity contribution in [3.05, 3.63) is 30.3 Å². The van der Waals surface area contributed by atoms with Crippen molar-refractivity contribution in [1.29, 1.82) is 0 Å². The summed E-state index contributed by atoms with van der Waals surface area (Å²) in [6.07, 6.45) is 0. The third kappa shape index (κ3) is 4.33. The lowest BCUT2D eigenvalue weighted by Crippen LogP contribution is -2.21. The fraction of sp³-hybridized carbons (Fsp3) is 0.364. The maximum atomic E-state index is 11.4. The van der Waals surface area contributed by atoms with E-state index in [1.54, 1.807) is 12.1 Å². The molecular weight excluding hydrogens is 196 g/mol. The monoisotopic (exact) mass is 209 g/mol. The Labute approximate surface area is 88.7 Å². The summed E-state index contributed by atoms with van der Waals surface area (Å²) in [5.74, 6) is 0. The van der Waals surface area contributed by atoms with Gasteiger partial charge < -0.3 is 4.74 Å². The second kappa shape index (κ2) is 4.51. The number of carbonyl (C=O) groups is 1. The minimum Gasteiger partial charge on any atom is -0.452 e. The zero-order valence-corrected chi connectivity index (χ0v) is 9.35. The summed E-state index contributed by atoms with van der Waals surface area (Å²) in [6, 6.07) is 10.1. The minimum absolute atomic E-state index is 0.274. The summed E-state index contributed by atoms with van der Waals surface area (Å²) in [4.78, 5) is 12.2. The Balaban J connectivity index is 2.50. The molecule has 0 saturated heterocycles. The van der Waals surface area contributed by atoms with Crippen LogP contribution in [0.15, 0.2) is 29.2 Å². The van der Waals surface area contributed by atoms with E-state index in [1.807, 2.05) is 32.9 Å². The molecule has 0 atom stereocenters. The molecule has 0 aliphatic carbocycles. The lowest BCUT2D eigenvalue weighted by atomic mass is 10.2. The van der Waals surface area contributed by atoms with Crippen LogP contribution in [0.4, 0.5) is 4.79 Å². The fourth-order valence-corrected chi connectivity index (χ4v) is 1.56. The van der Waals surface area contributed by atoms with Crippen molar-refractivity contribution >= 4 is 17.1 Å². The molecule has 2 nitrogen and oxygen atoms in total. The van der Waals surface area contributed by atoms with Gasteiger partial charge in [-0.3, -0.25) is 0 Å². The molecule has 0 spiro atoms. The van der Waals surface area contributed by atoms with Gasteiger partial charge in [-0.25, -0.2) is 4.79 Å². The van der Waals surface area contributed by atoms with Crippen LogP contribution in [-0.4, -0.2) is 10.9 Å². The zero-order chi connectivity index (χ0) is 10.6. The van der Waals surface area contributed by atoms with Crippen LogP contribution < -0.4 is 0 Å². The molecule has 1 rings (SSSR count). The van der Waals surface area contributed by atoms with E-state index in [4.69, 9.17) is 4.74 Å². The van der Waals surface area contributed by atoms with Crippen molar-refractivity contribution in [2.24, 2.45) is 0 Å². The van der Waals surface area contributed by atoms with Crippen molar-refractivity contribution < 1.29 is 9.53 Å². The molecule has 0 saturated carbocycles. The maximum Gasteiger partial charge on any atom is 0.372 e. The van der Waals surface area contributed by atoms with Crippen molar-refractivity contribution in [3.8, 4) is 0 Å². The molecule has 0 aliphatic heterocycles. The molecule has 1 aromatic carbocycles. The third-order valence-electron chi connectivity index (χ3n) is 1.28. The van der Waals surface area contributed by atoms with E-state index in [1.165, 1.54) is 0 Å². The lowest BCUT2D eigenvalue weighted by Gasteiger charge is -2.18. The van der Waals surface area contributed by atoms with Gasteiger partial charge >= 0.3 is 5.30 Å². The summed E-state index contributed by atoms with van der Waals surface area (Å²) in [5, 5.41) is -0.274. The van der Waals surface area contributed by atoms with E-state index in [0.29, 0.717) is 0 Å². The average molecular weight is 209 g/mol. The highest BCUT2D eigenvalue weighted by atomic mass is 32.2. The number of hydrogen-bond acceptors (Lipinski definition) is 3. The summed E-state index contributed by atoms with van der Waals surface area (Å²) in [5.41, 5.74) is -0.426. The first-order valence-corrected chi connectivity index (χ1v) is 5.16. The summed E-state index contributed by atoms with van der Waals surface area (Å²) < 4.78 is 5.16. The maximum absolute atomic E-state index is 11.4. The number of hydrogen-bond donors (Lipinski definition) is 0. The van der Waals surface area contributed by atoms with E-state index in [0.717, 1.165) is 16.7 Å². The van der Waals surface area contributed by atoms with Crippen LogP contribution >= 0.6 is 11.8 Å². The number of thioether (sulfide) groups is 1. The van der Waals surface area contributed by atoms with Crippen molar-refractivity contribution in [3.63, 3.8) is 0 Å². The normalized spacial score (nSPS) is 11.1. The van der Waals surface area contributed by atoms with Crippen LogP contribution in [0, 0.1) is 6.07 Å². The molecule has 0 bridgehead atoms. The summed E-state index contributed by atoms with van der Waals surface area (Å²) in [7, 11) is 0. The van der Waals surface area contributed by atoms with Crippen LogP contribution in [0.3, 0.4) is 0 Å². The van der Waals surface area contributed by atoms with Gasteiger partial charge in [-0.15, -0.1) is 0 Å². The van der Waals surface area contributed by atoms with Crippen LogP contribution in [0.2, 0.25) is 0 Å². The van der Waals surface area contributed by atoms with Gasteiger partial charge in [0.1, 0.15) is 5.60 Å². The predicted molar refractivity (Wildman–Crippen MR) is 57.4 cm³/mol. The SMILES string of the molecule is CC(C)(C)OC(=O)Sc1cc[c]cc1. The molecule has 1 radical (unpaired) electrons. The Kier molecular flexibility index (Phi) is 3.58. The van der Waals surface area contributed by atoms with E-state index in [-0.39, 0.29) is 5.30 Å². The number of carbonyl (C=O) groups excluding carboxylic acids is 1. The van der Waals surface area contributed by atoms with Crippen LogP contribution in [0.1, 0.15) is 20.8 Å². The Morgan fingerprint density at radius 3 is 2.43 bits per heavy atom. The van der Waals surface area contributed by atoms with Crippen molar-refractivity contribution in [2.75, 3.05) is 0 Å². The van der Waals surface area contributed by atoms with Gasteiger partial charge in [-0.05, 0) is 50.7 Å². The highest BCUT2D eigenvalue weighted by molar-refractivity contribution is 8.13. The first kappa shape index (κ1) is 11.1. The Morgan fingerprint density at radius 2 is 1.93 bits per heavy atom. The number of rotatable bonds is 1. The van der Waals surface area contributed by atoms with Crippen LogP contribution in [0.5, 0.6) is 0 Å². The lowest BCUT2D eigenvalue weighted by molar-refractivity contribution is 0.0738. The van der Waals surface area contributed by atoms with Gasteiger partial charge in [0.15, 0.2) is 0 Å². The topological polar surface area (TPSA) is 26.3 Å². The van der Waals surface area contributed by atoms with Gasteiger partial charge in [0.2, 0.25) is 0 Å². The second-order valence-electron chi connectivity index (χ2n) is 3.80. The number of ether oxygens (including phenoxy) is 1. The second-order valence-corrected chi connectivity index (χ2v) is 4.81. The van der Waals surface area contributed by atoms with E-state index >= 15 is 0 Å². The van der Waals surface area contributed by atoms with Gasteiger partial charge in [0, 0.05) is 4.90 Å². The minimum atomic E-state index is -0.426. The van der Waals surface area contributed by atoms with Crippen LogP contribution in [-0.2, 0) is 4.74 Å². The van der Waals surface area contributed by atoms with Gasteiger partial charge in [-0.1, -0.05) is 12.1 Å². The Hall–Kier alpha value is -0.960. The first-order chi connectivity index (χ1) is 6.47. The number of benzene rings is 1. The molecule has 0 amide bonds. The average Bonchev–Trinajstić information content (AvgIpc) is 2.02. The molecule has 0 aliphatic rings. The van der Waals surface area contributed by atoms with E-state index < -0.39 is 5.60 Å². The first-order valence-electron chi connectivity index (χ1n) is 4.34. The molecule has 0 heterocycles. The molecule has 3 heteroatoms. The quantitative estimate of drug-likeness (QED) is 0.523. The molecule has 1 aromatic rings. The fourth-order valence-electron chi connectivity index (χ4n) is 0.807. The molecule has 0 aromatic heterocycles. The highest BCUT2D eigenvalue weighted by Crippen LogP contribution is 2.22. The summed E-state index contributed by atoms with van der Waals surface area (Å²) >= 11 is 1.09. The van der Waals surface area contributed by atoms with Crippen LogP contribution in [0.25, 0.3) is 0 Å². The molecule has 0 unspecified atom stereocenters. The molecule has 75 valence electrons. The smallest absolute Gasteiger partial charge is 0.372 e. The molecule has 14 heavy (non-hydrogen) atoms. The Bertz CT molecular complexity index is 301. The molecule has 0 N–H and O–H groups in total. The summed E-state index contributed by atoms with van der Waals surface area (Å²) in [6.45, 7) is 5.55. The van der Waals surface area contributed by atoms with Gasteiger partial charge in [-0.2, -0.15) is 0 Å².